The number of phenolic OH excluding ortho intramolecular Hbond substituents is 2. The molecule has 0 radical (unpaired) electrons. The monoisotopic (exact) mass is 537 g/mol. The number of nitrogens with zero attached hydrogens (tertiary/aromatic N) is 3. The molecule has 0 unspecified atom stereocenters. The van der Waals surface area contributed by atoms with Gasteiger partial charge in [0.25, 0.3) is 0 Å². The maximum absolute atomic E-state index is 10.8. The van der Waals surface area contributed by atoms with Crippen LogP contribution in [0.25, 0.3) is 45.3 Å². The second-order valence-electron chi connectivity index (χ2n) is 8.75. The lowest BCUT2D eigenvalue weighted by Gasteiger charge is -2.12. The average molecular weight is 538 g/mol. The molecule has 0 saturated carbocycles. The van der Waals surface area contributed by atoms with Crippen LogP contribution in [0.1, 0.15) is 0 Å². The van der Waals surface area contributed by atoms with Gasteiger partial charge in [0.05, 0.1) is 24.3 Å². The van der Waals surface area contributed by atoms with Crippen LogP contribution in [-0.4, -0.2) is 61.8 Å². The standard InChI is InChI=1S/C31H27N3O6/c35-14-16-39-23-10-12-25(27(37)18-23)30-32-29(22-8-6-21(7-9-22)20-4-2-1-3-5-20)33-31(34-30)26-13-11-24(19-28(26)38)40-17-15-36/h1-13,18-19,35-38H,14-17H2. The largest absolute Gasteiger partial charge is 0.507 e. The van der Waals surface area contributed by atoms with Crippen molar-refractivity contribution in [1.82, 2.24) is 15.0 Å². The van der Waals surface area contributed by atoms with Gasteiger partial charge in [-0.25, -0.2) is 15.0 Å². The molecule has 202 valence electrons. The molecule has 5 aromatic rings. The summed E-state index contributed by atoms with van der Waals surface area (Å²) in [5.74, 6) is 1.27. The highest BCUT2D eigenvalue weighted by Gasteiger charge is 2.18. The molecule has 0 atom stereocenters. The van der Waals surface area contributed by atoms with Crippen LogP contribution in [0.4, 0.5) is 0 Å². The summed E-state index contributed by atoms with van der Waals surface area (Å²) >= 11 is 0. The first kappa shape index (κ1) is 26.6. The summed E-state index contributed by atoms with van der Waals surface area (Å²) in [6.45, 7) is -0.123. The number of hydrogen-bond acceptors (Lipinski definition) is 9. The molecule has 4 N–H and O–H groups in total. The molecule has 0 aliphatic heterocycles. The zero-order valence-electron chi connectivity index (χ0n) is 21.4. The van der Waals surface area contributed by atoms with Gasteiger partial charge in [-0.3, -0.25) is 0 Å². The summed E-state index contributed by atoms with van der Waals surface area (Å²) in [7, 11) is 0. The van der Waals surface area contributed by atoms with E-state index in [-0.39, 0.29) is 49.6 Å². The maximum Gasteiger partial charge on any atom is 0.167 e. The van der Waals surface area contributed by atoms with Crippen LogP contribution in [0.3, 0.4) is 0 Å². The normalized spacial score (nSPS) is 10.8. The molecule has 0 bridgehead atoms. The lowest BCUT2D eigenvalue weighted by atomic mass is 10.0. The topological polar surface area (TPSA) is 138 Å². The van der Waals surface area contributed by atoms with E-state index in [0.717, 1.165) is 11.1 Å². The Morgan fingerprint density at radius 2 is 0.950 bits per heavy atom. The van der Waals surface area contributed by atoms with E-state index in [1.165, 1.54) is 12.1 Å². The van der Waals surface area contributed by atoms with Crippen molar-refractivity contribution in [3.63, 3.8) is 0 Å². The number of aromatic hydroxyl groups is 2. The summed E-state index contributed by atoms with van der Waals surface area (Å²) < 4.78 is 10.8. The Morgan fingerprint density at radius 1 is 0.500 bits per heavy atom. The minimum Gasteiger partial charge on any atom is -0.507 e. The fourth-order valence-electron chi connectivity index (χ4n) is 4.10. The minimum atomic E-state index is -0.154. The van der Waals surface area contributed by atoms with Gasteiger partial charge in [0, 0.05) is 17.7 Å². The van der Waals surface area contributed by atoms with Gasteiger partial charge in [-0.15, -0.1) is 0 Å². The first-order valence-electron chi connectivity index (χ1n) is 12.6. The summed E-state index contributed by atoms with van der Waals surface area (Å²) in [6, 6.07) is 27.1. The lowest BCUT2D eigenvalue weighted by Crippen LogP contribution is -2.03. The van der Waals surface area contributed by atoms with E-state index in [4.69, 9.17) is 19.7 Å². The van der Waals surface area contributed by atoms with Crippen molar-refractivity contribution in [2.24, 2.45) is 0 Å². The molecule has 0 fully saturated rings. The lowest BCUT2D eigenvalue weighted by molar-refractivity contribution is 0.201. The number of aromatic nitrogens is 3. The van der Waals surface area contributed by atoms with Crippen LogP contribution in [0.5, 0.6) is 23.0 Å². The van der Waals surface area contributed by atoms with E-state index in [2.05, 4.69) is 15.0 Å². The molecule has 1 aromatic heterocycles. The number of hydrogen-bond donors (Lipinski definition) is 4. The summed E-state index contributed by atoms with van der Waals surface area (Å²) in [6.07, 6.45) is 0. The van der Waals surface area contributed by atoms with E-state index in [0.29, 0.717) is 34.0 Å². The fourth-order valence-corrected chi connectivity index (χ4v) is 4.10. The molecular formula is C31H27N3O6. The van der Waals surface area contributed by atoms with Crippen LogP contribution in [-0.2, 0) is 0 Å². The zero-order valence-corrected chi connectivity index (χ0v) is 21.4. The number of phenols is 2. The number of ether oxygens (including phenoxy) is 2. The predicted octanol–water partition coefficient (Wildman–Crippen LogP) is 4.69. The molecule has 0 saturated heterocycles. The predicted molar refractivity (Wildman–Crippen MR) is 150 cm³/mol. The molecule has 0 aliphatic carbocycles. The van der Waals surface area contributed by atoms with Crippen LogP contribution < -0.4 is 9.47 Å². The van der Waals surface area contributed by atoms with Gasteiger partial charge in [-0.2, -0.15) is 0 Å². The Hall–Kier alpha value is -4.99. The van der Waals surface area contributed by atoms with Crippen LogP contribution >= 0.6 is 0 Å². The first-order valence-corrected chi connectivity index (χ1v) is 12.6. The molecule has 4 aromatic carbocycles. The van der Waals surface area contributed by atoms with E-state index in [1.807, 2.05) is 54.6 Å². The van der Waals surface area contributed by atoms with Gasteiger partial charge in [0.2, 0.25) is 0 Å². The number of aliphatic hydroxyl groups excluding tert-OH is 2. The van der Waals surface area contributed by atoms with Crippen molar-refractivity contribution in [2.45, 2.75) is 0 Å². The number of aliphatic hydroxyl groups is 2. The highest BCUT2D eigenvalue weighted by atomic mass is 16.5. The molecule has 5 rings (SSSR count). The second kappa shape index (κ2) is 12.2. The van der Waals surface area contributed by atoms with E-state index >= 15 is 0 Å². The third kappa shape index (κ3) is 6.01. The quantitative estimate of drug-likeness (QED) is 0.200. The molecule has 9 heteroatoms. The summed E-state index contributed by atoms with van der Waals surface area (Å²) in [4.78, 5) is 13.9. The Kier molecular flexibility index (Phi) is 8.15. The van der Waals surface area contributed by atoms with Crippen molar-refractivity contribution >= 4 is 0 Å². The minimum absolute atomic E-state index is 0.0924. The van der Waals surface area contributed by atoms with Crippen LogP contribution in [0, 0.1) is 0 Å². The van der Waals surface area contributed by atoms with Crippen molar-refractivity contribution in [2.75, 3.05) is 26.4 Å². The molecule has 9 nitrogen and oxygen atoms in total. The Labute approximate surface area is 230 Å². The van der Waals surface area contributed by atoms with Crippen molar-refractivity contribution in [3.8, 4) is 68.3 Å². The second-order valence-corrected chi connectivity index (χ2v) is 8.75. The van der Waals surface area contributed by atoms with Crippen LogP contribution in [0.2, 0.25) is 0 Å². The van der Waals surface area contributed by atoms with Gasteiger partial charge >= 0.3 is 0 Å². The van der Waals surface area contributed by atoms with Gasteiger partial charge in [-0.05, 0) is 35.4 Å². The van der Waals surface area contributed by atoms with Gasteiger partial charge in [0.15, 0.2) is 17.5 Å². The third-order valence-corrected chi connectivity index (χ3v) is 6.03. The van der Waals surface area contributed by atoms with Crippen molar-refractivity contribution in [1.29, 1.82) is 0 Å². The number of benzene rings is 4. The van der Waals surface area contributed by atoms with Gasteiger partial charge in [-0.1, -0.05) is 54.6 Å². The Morgan fingerprint density at radius 3 is 1.43 bits per heavy atom. The molecular weight excluding hydrogens is 510 g/mol. The zero-order chi connectivity index (χ0) is 27.9. The summed E-state index contributed by atoms with van der Waals surface area (Å²) in [5.41, 5.74) is 3.50. The van der Waals surface area contributed by atoms with Crippen molar-refractivity contribution < 1.29 is 29.9 Å². The highest BCUT2D eigenvalue weighted by molar-refractivity contribution is 5.74. The fraction of sp³-hybridized carbons (Fsp3) is 0.129. The molecule has 0 aliphatic rings. The molecule has 1 heterocycles. The van der Waals surface area contributed by atoms with E-state index < -0.39 is 0 Å². The Balaban J connectivity index is 1.58. The Bertz CT molecular complexity index is 1520. The SMILES string of the molecule is OCCOc1ccc(-c2nc(-c3ccc(-c4ccccc4)cc3)nc(-c3ccc(OCCO)cc3O)n2)c(O)c1. The first-order chi connectivity index (χ1) is 19.6. The molecule has 0 amide bonds. The number of rotatable bonds is 10. The van der Waals surface area contributed by atoms with Gasteiger partial charge < -0.3 is 29.9 Å². The van der Waals surface area contributed by atoms with Gasteiger partial charge in [0.1, 0.15) is 36.2 Å². The van der Waals surface area contributed by atoms with E-state index in [1.54, 1.807) is 24.3 Å². The molecule has 0 spiro atoms. The third-order valence-electron chi connectivity index (χ3n) is 6.03. The smallest absolute Gasteiger partial charge is 0.167 e. The van der Waals surface area contributed by atoms with Crippen LogP contribution in [0.15, 0.2) is 91.0 Å². The molecule has 40 heavy (non-hydrogen) atoms. The van der Waals surface area contributed by atoms with E-state index in [9.17, 15) is 10.2 Å². The summed E-state index contributed by atoms with van der Waals surface area (Å²) in [5, 5.41) is 39.6. The highest BCUT2D eigenvalue weighted by Crippen LogP contribution is 2.36. The average Bonchev–Trinajstić information content (AvgIpc) is 2.99. The van der Waals surface area contributed by atoms with Crippen molar-refractivity contribution in [3.05, 3.63) is 91.0 Å². The maximum atomic E-state index is 10.8.